The Morgan fingerprint density at radius 3 is 2.72 bits per heavy atom. The van der Waals surface area contributed by atoms with Crippen LogP contribution in [0.2, 0.25) is 0 Å². The number of fused-ring (bicyclic) bond motifs is 1. The number of hydrogen-bond donors (Lipinski definition) is 2. The number of hydrogen-bond acceptors (Lipinski definition) is 2. The Kier molecular flexibility index (Phi) is 3.08. The minimum atomic E-state index is 0.574. The molecule has 96 valence electrons. The zero-order chi connectivity index (χ0) is 12.5. The molecular formula is C15H21N3. The molecule has 0 amide bonds. The summed E-state index contributed by atoms with van der Waals surface area (Å²) in [5.41, 5.74) is 3.85. The Bertz CT molecular complexity index is 536. The highest BCUT2D eigenvalue weighted by Gasteiger charge is 2.20. The summed E-state index contributed by atoms with van der Waals surface area (Å²) in [4.78, 5) is 0. The lowest BCUT2D eigenvalue weighted by atomic mass is 9.91. The van der Waals surface area contributed by atoms with Crippen LogP contribution in [0, 0.1) is 0 Å². The van der Waals surface area contributed by atoms with Gasteiger partial charge in [-0.05, 0) is 49.5 Å². The van der Waals surface area contributed by atoms with E-state index in [4.69, 9.17) is 0 Å². The van der Waals surface area contributed by atoms with Crippen LogP contribution in [-0.2, 0) is 0 Å². The summed E-state index contributed by atoms with van der Waals surface area (Å²) in [6.07, 6.45) is 2.40. The van der Waals surface area contributed by atoms with Gasteiger partial charge in [0.1, 0.15) is 0 Å². The zero-order valence-corrected chi connectivity index (χ0v) is 11.2. The van der Waals surface area contributed by atoms with E-state index in [-0.39, 0.29) is 0 Å². The molecule has 2 aromatic rings. The van der Waals surface area contributed by atoms with Crippen molar-refractivity contribution < 1.29 is 0 Å². The van der Waals surface area contributed by atoms with Crippen LogP contribution in [0.5, 0.6) is 0 Å². The highest BCUT2D eigenvalue weighted by atomic mass is 15.1. The summed E-state index contributed by atoms with van der Waals surface area (Å²) < 4.78 is 0. The first-order valence-electron chi connectivity index (χ1n) is 6.94. The van der Waals surface area contributed by atoms with Crippen molar-refractivity contribution >= 4 is 10.9 Å². The molecule has 3 heteroatoms. The fourth-order valence-corrected chi connectivity index (χ4v) is 2.82. The van der Waals surface area contributed by atoms with Crippen molar-refractivity contribution in [2.24, 2.45) is 0 Å². The summed E-state index contributed by atoms with van der Waals surface area (Å²) in [5.74, 6) is 1.19. The van der Waals surface area contributed by atoms with E-state index in [1.807, 2.05) is 0 Å². The maximum atomic E-state index is 4.57. The van der Waals surface area contributed by atoms with E-state index in [1.165, 1.54) is 35.0 Å². The Labute approximate surface area is 108 Å². The summed E-state index contributed by atoms with van der Waals surface area (Å²) >= 11 is 0. The minimum absolute atomic E-state index is 0.574. The van der Waals surface area contributed by atoms with Crippen molar-refractivity contribution in [3.05, 3.63) is 29.5 Å². The molecular weight excluding hydrogens is 222 g/mol. The number of nitrogens with zero attached hydrogens (tertiary/aromatic N) is 1. The van der Waals surface area contributed by atoms with Crippen molar-refractivity contribution in [3.63, 3.8) is 0 Å². The number of nitrogens with one attached hydrogen (secondary N) is 2. The van der Waals surface area contributed by atoms with Gasteiger partial charge in [-0.1, -0.05) is 19.9 Å². The van der Waals surface area contributed by atoms with Crippen molar-refractivity contribution in [3.8, 4) is 0 Å². The van der Waals surface area contributed by atoms with E-state index in [1.54, 1.807) is 0 Å². The molecule has 1 aromatic carbocycles. The average molecular weight is 243 g/mol. The van der Waals surface area contributed by atoms with Gasteiger partial charge in [-0.2, -0.15) is 5.10 Å². The van der Waals surface area contributed by atoms with E-state index in [2.05, 4.69) is 47.6 Å². The third-order valence-electron chi connectivity index (χ3n) is 4.01. The molecule has 0 saturated carbocycles. The lowest BCUT2D eigenvalue weighted by molar-refractivity contribution is 0.454. The van der Waals surface area contributed by atoms with Crippen molar-refractivity contribution in [1.29, 1.82) is 0 Å². The first-order valence-corrected chi connectivity index (χ1v) is 6.94. The van der Waals surface area contributed by atoms with Gasteiger partial charge in [0.05, 0.1) is 11.2 Å². The fourth-order valence-electron chi connectivity index (χ4n) is 2.82. The van der Waals surface area contributed by atoms with E-state index in [9.17, 15) is 0 Å². The molecule has 0 bridgehead atoms. The largest absolute Gasteiger partial charge is 0.317 e. The maximum Gasteiger partial charge on any atom is 0.0732 e. The van der Waals surface area contributed by atoms with Crippen LogP contribution >= 0.6 is 0 Å². The SMILES string of the molecule is CC(C)c1ccc2[nH]nc(C3CCNCC3)c2c1. The Balaban J connectivity index is 2.03. The Morgan fingerprint density at radius 2 is 2.00 bits per heavy atom. The van der Waals surface area contributed by atoms with Crippen LogP contribution in [-0.4, -0.2) is 23.3 Å². The van der Waals surface area contributed by atoms with Gasteiger partial charge in [-0.3, -0.25) is 5.10 Å². The topological polar surface area (TPSA) is 40.7 Å². The molecule has 0 radical (unpaired) electrons. The van der Waals surface area contributed by atoms with Gasteiger partial charge in [0.15, 0.2) is 0 Å². The highest BCUT2D eigenvalue weighted by molar-refractivity contribution is 5.82. The first-order chi connectivity index (χ1) is 8.75. The van der Waals surface area contributed by atoms with Crippen LogP contribution in [0.1, 0.15) is 49.8 Å². The number of rotatable bonds is 2. The second kappa shape index (κ2) is 4.73. The summed E-state index contributed by atoms with van der Waals surface area (Å²) in [5, 5.41) is 12.5. The van der Waals surface area contributed by atoms with Gasteiger partial charge in [0, 0.05) is 11.3 Å². The molecule has 1 aromatic heterocycles. The van der Waals surface area contributed by atoms with E-state index >= 15 is 0 Å². The minimum Gasteiger partial charge on any atom is -0.317 e. The first kappa shape index (κ1) is 11.7. The predicted octanol–water partition coefficient (Wildman–Crippen LogP) is 3.15. The monoisotopic (exact) mass is 243 g/mol. The van der Waals surface area contributed by atoms with Crippen molar-refractivity contribution in [2.45, 2.75) is 38.5 Å². The Morgan fingerprint density at radius 1 is 1.22 bits per heavy atom. The second-order valence-corrected chi connectivity index (χ2v) is 5.59. The van der Waals surface area contributed by atoms with Crippen LogP contribution in [0.4, 0.5) is 0 Å². The van der Waals surface area contributed by atoms with Crippen LogP contribution in [0.3, 0.4) is 0 Å². The lowest BCUT2D eigenvalue weighted by Crippen LogP contribution is -2.26. The summed E-state index contributed by atoms with van der Waals surface area (Å²) in [6, 6.07) is 6.69. The molecule has 2 N–H and O–H groups in total. The molecule has 2 heterocycles. The van der Waals surface area contributed by atoms with Crippen LogP contribution in [0.15, 0.2) is 18.2 Å². The normalized spacial score (nSPS) is 17.7. The van der Waals surface area contributed by atoms with Crippen molar-refractivity contribution in [2.75, 3.05) is 13.1 Å². The molecule has 1 aliphatic rings. The molecule has 0 atom stereocenters. The number of benzene rings is 1. The molecule has 0 aliphatic carbocycles. The van der Waals surface area contributed by atoms with Gasteiger partial charge in [0.2, 0.25) is 0 Å². The standard InChI is InChI=1S/C15H21N3/c1-10(2)12-3-4-14-13(9-12)15(18-17-14)11-5-7-16-8-6-11/h3-4,9-11,16H,5-8H2,1-2H3,(H,17,18). The van der Waals surface area contributed by atoms with E-state index in [0.717, 1.165) is 13.1 Å². The number of piperidine rings is 1. The third kappa shape index (κ3) is 2.03. The van der Waals surface area contributed by atoms with Gasteiger partial charge in [-0.15, -0.1) is 0 Å². The van der Waals surface area contributed by atoms with E-state index in [0.29, 0.717) is 11.8 Å². The highest BCUT2D eigenvalue weighted by Crippen LogP contribution is 2.31. The molecule has 18 heavy (non-hydrogen) atoms. The van der Waals surface area contributed by atoms with Crippen molar-refractivity contribution in [1.82, 2.24) is 15.5 Å². The molecule has 3 nitrogen and oxygen atoms in total. The second-order valence-electron chi connectivity index (χ2n) is 5.59. The quantitative estimate of drug-likeness (QED) is 0.850. The summed E-state index contributed by atoms with van der Waals surface area (Å²) in [6.45, 7) is 6.71. The number of aromatic amines is 1. The third-order valence-corrected chi connectivity index (χ3v) is 4.01. The maximum absolute atomic E-state index is 4.57. The molecule has 3 rings (SSSR count). The molecule has 1 saturated heterocycles. The van der Waals surface area contributed by atoms with Crippen LogP contribution < -0.4 is 5.32 Å². The lowest BCUT2D eigenvalue weighted by Gasteiger charge is -2.21. The number of H-pyrrole nitrogens is 1. The van der Waals surface area contributed by atoms with Gasteiger partial charge < -0.3 is 5.32 Å². The zero-order valence-electron chi connectivity index (χ0n) is 11.2. The summed E-state index contributed by atoms with van der Waals surface area (Å²) in [7, 11) is 0. The number of aromatic nitrogens is 2. The smallest absolute Gasteiger partial charge is 0.0732 e. The van der Waals surface area contributed by atoms with Gasteiger partial charge in [0.25, 0.3) is 0 Å². The molecule has 1 aliphatic heterocycles. The molecule has 1 fully saturated rings. The van der Waals surface area contributed by atoms with E-state index < -0.39 is 0 Å². The molecule has 0 unspecified atom stereocenters. The molecule has 0 spiro atoms. The van der Waals surface area contributed by atoms with Gasteiger partial charge >= 0.3 is 0 Å². The van der Waals surface area contributed by atoms with Gasteiger partial charge in [-0.25, -0.2) is 0 Å². The predicted molar refractivity (Wildman–Crippen MR) is 75.0 cm³/mol. The Hall–Kier alpha value is -1.35. The van der Waals surface area contributed by atoms with Crippen LogP contribution in [0.25, 0.3) is 10.9 Å². The average Bonchev–Trinajstić information content (AvgIpc) is 2.82. The fraction of sp³-hybridized carbons (Fsp3) is 0.533.